The summed E-state index contributed by atoms with van der Waals surface area (Å²) in [5.41, 5.74) is -0.236. The predicted molar refractivity (Wildman–Crippen MR) is 164 cm³/mol. The second kappa shape index (κ2) is 12.4. The van der Waals surface area contributed by atoms with E-state index in [4.69, 9.17) is 13.6 Å². The summed E-state index contributed by atoms with van der Waals surface area (Å²) in [5.74, 6) is -7.22. The SMILES string of the molecule is COC(F)(c1nnc(-c2ccc3c(c2)N(Cc2ccc(-c4nnc(C5CC5)o4)cc2)C(=O)[C@@H](NC(=O)OC(C)(C)C)CS3(=O)=O)o1)C(F)(F)F. The van der Waals surface area contributed by atoms with Gasteiger partial charge < -0.3 is 28.5 Å². The smallest absolute Gasteiger partial charge is 0.444 e. The van der Waals surface area contributed by atoms with Crippen molar-refractivity contribution >= 4 is 27.5 Å². The number of nitrogens with zero attached hydrogens (tertiary/aromatic N) is 5. The Bertz CT molecular complexity index is 2040. The van der Waals surface area contributed by atoms with Crippen molar-refractivity contribution in [2.45, 2.75) is 74.6 Å². The molecule has 0 saturated heterocycles. The summed E-state index contributed by atoms with van der Waals surface area (Å²) in [4.78, 5) is 27.6. The third-order valence-corrected chi connectivity index (χ3v) is 9.52. The Hall–Kier alpha value is -4.91. The number of halogens is 4. The van der Waals surface area contributed by atoms with E-state index in [-0.39, 0.29) is 28.6 Å². The molecular formula is C31H30F4N6O8S. The van der Waals surface area contributed by atoms with Crippen LogP contribution < -0.4 is 10.2 Å². The van der Waals surface area contributed by atoms with E-state index in [2.05, 4.69) is 30.4 Å². The first-order valence-corrected chi connectivity index (χ1v) is 16.8. The summed E-state index contributed by atoms with van der Waals surface area (Å²) in [7, 11) is -3.85. The van der Waals surface area contributed by atoms with Crippen molar-refractivity contribution in [3.8, 4) is 22.9 Å². The Kier molecular flexibility index (Phi) is 8.70. The lowest BCUT2D eigenvalue weighted by molar-refractivity contribution is -0.341. The maximum Gasteiger partial charge on any atom is 0.458 e. The van der Waals surface area contributed by atoms with Gasteiger partial charge in [0.05, 0.1) is 22.9 Å². The minimum Gasteiger partial charge on any atom is -0.444 e. The quantitative estimate of drug-likeness (QED) is 0.235. The van der Waals surface area contributed by atoms with E-state index in [0.717, 1.165) is 35.9 Å². The Balaban J connectivity index is 1.38. The molecule has 1 aliphatic carbocycles. The van der Waals surface area contributed by atoms with Crippen molar-refractivity contribution in [2.75, 3.05) is 17.8 Å². The van der Waals surface area contributed by atoms with Crippen LogP contribution in [0.15, 0.2) is 56.2 Å². The van der Waals surface area contributed by atoms with E-state index < -0.39 is 63.0 Å². The van der Waals surface area contributed by atoms with E-state index in [1.165, 1.54) is 0 Å². The zero-order valence-corrected chi connectivity index (χ0v) is 27.8. The lowest BCUT2D eigenvalue weighted by atomic mass is 10.1. The number of nitrogens with one attached hydrogen (secondary N) is 1. The molecule has 14 nitrogen and oxygen atoms in total. The molecule has 6 rings (SSSR count). The molecule has 2 aromatic heterocycles. The Morgan fingerprint density at radius 3 is 2.22 bits per heavy atom. The number of fused-ring (bicyclic) bond motifs is 1. The van der Waals surface area contributed by atoms with Crippen LogP contribution in [0.3, 0.4) is 0 Å². The van der Waals surface area contributed by atoms with Crippen molar-refractivity contribution in [2.24, 2.45) is 0 Å². The van der Waals surface area contributed by atoms with Crippen molar-refractivity contribution in [3.05, 3.63) is 59.8 Å². The molecule has 2 atom stereocenters. The van der Waals surface area contributed by atoms with Crippen LogP contribution in [0.25, 0.3) is 22.9 Å². The number of alkyl carbamates (subject to hydrolysis) is 1. The average Bonchev–Trinajstić information content (AvgIpc) is 3.56. The number of ether oxygens (including phenoxy) is 2. The Morgan fingerprint density at radius 2 is 1.60 bits per heavy atom. The first-order valence-electron chi connectivity index (χ1n) is 15.1. The molecule has 1 unspecified atom stereocenters. The minimum absolute atomic E-state index is 0.145. The van der Waals surface area contributed by atoms with Crippen LogP contribution in [0.2, 0.25) is 0 Å². The molecule has 1 saturated carbocycles. The number of sulfone groups is 1. The third kappa shape index (κ3) is 6.91. The van der Waals surface area contributed by atoms with Gasteiger partial charge in [-0.3, -0.25) is 4.79 Å². The fourth-order valence-electron chi connectivity index (χ4n) is 5.10. The molecule has 50 heavy (non-hydrogen) atoms. The van der Waals surface area contributed by atoms with Gasteiger partial charge in [0.15, 0.2) is 9.84 Å². The normalized spacial score (nSPS) is 19.0. The van der Waals surface area contributed by atoms with Gasteiger partial charge in [-0.15, -0.1) is 20.4 Å². The summed E-state index contributed by atoms with van der Waals surface area (Å²) in [6, 6.07) is 8.40. The summed E-state index contributed by atoms with van der Waals surface area (Å²) < 4.78 is 102. The highest BCUT2D eigenvalue weighted by Gasteiger charge is 2.62. The van der Waals surface area contributed by atoms with Gasteiger partial charge >= 0.3 is 18.1 Å². The van der Waals surface area contributed by atoms with E-state index in [9.17, 15) is 35.6 Å². The average molecular weight is 723 g/mol. The molecule has 0 radical (unpaired) electrons. The van der Waals surface area contributed by atoms with Crippen molar-refractivity contribution in [1.29, 1.82) is 0 Å². The van der Waals surface area contributed by atoms with E-state index in [0.29, 0.717) is 30.0 Å². The second-order valence-corrected chi connectivity index (χ2v) is 14.7. The molecule has 3 heterocycles. The van der Waals surface area contributed by atoms with Crippen LogP contribution >= 0.6 is 0 Å². The number of benzene rings is 2. The molecule has 1 N–H and O–H groups in total. The van der Waals surface area contributed by atoms with E-state index in [1.54, 1.807) is 45.0 Å². The summed E-state index contributed by atoms with van der Waals surface area (Å²) in [6.07, 6.45) is -4.68. The largest absolute Gasteiger partial charge is 0.458 e. The first kappa shape index (κ1) is 34.9. The van der Waals surface area contributed by atoms with Crippen LogP contribution in [0.4, 0.5) is 28.0 Å². The van der Waals surface area contributed by atoms with Crippen LogP contribution in [-0.2, 0) is 36.5 Å². The van der Waals surface area contributed by atoms with Gasteiger partial charge in [0.2, 0.25) is 17.7 Å². The summed E-state index contributed by atoms with van der Waals surface area (Å²) in [5, 5.41) is 17.2. The standard InChI is InChI=1S/C31H30F4N6O8S/c1-29(2,3)49-28(43)36-20-15-50(44,45)22-12-11-19(25-39-40-27(48-25)30(32,46-4)31(33,34)35)13-21(22)41(26(20)42)14-16-5-7-17(8-6-16)23-37-38-24(47-23)18-9-10-18/h5-8,11-13,18,20H,9-10,14-15H2,1-4H3,(H,36,43)/t20-,30?/m0/s1. The number of hydrogen-bond acceptors (Lipinski definition) is 12. The Morgan fingerprint density at radius 1 is 0.960 bits per heavy atom. The fourth-order valence-corrected chi connectivity index (χ4v) is 6.71. The fraction of sp³-hybridized carbons (Fsp3) is 0.419. The molecule has 1 fully saturated rings. The van der Waals surface area contributed by atoms with Crippen molar-refractivity contribution < 1.29 is 53.9 Å². The third-order valence-electron chi connectivity index (χ3n) is 7.73. The summed E-state index contributed by atoms with van der Waals surface area (Å²) in [6.45, 7) is 4.52. The predicted octanol–water partition coefficient (Wildman–Crippen LogP) is 5.21. The highest BCUT2D eigenvalue weighted by molar-refractivity contribution is 7.91. The molecule has 19 heteroatoms. The number of carbonyl (C=O) groups is 2. The van der Waals surface area contributed by atoms with Crippen LogP contribution in [0, 0.1) is 0 Å². The van der Waals surface area contributed by atoms with Gasteiger partial charge in [0, 0.05) is 24.2 Å². The van der Waals surface area contributed by atoms with Crippen LogP contribution in [0.1, 0.15) is 56.9 Å². The maximum absolute atomic E-state index is 14.8. The van der Waals surface area contributed by atoms with Gasteiger partial charge in [0.1, 0.15) is 11.6 Å². The van der Waals surface area contributed by atoms with E-state index >= 15 is 0 Å². The minimum atomic E-state index is -5.58. The number of anilines is 1. The van der Waals surface area contributed by atoms with Gasteiger partial charge in [-0.1, -0.05) is 12.1 Å². The zero-order valence-electron chi connectivity index (χ0n) is 26.9. The van der Waals surface area contributed by atoms with Crippen molar-refractivity contribution in [3.63, 3.8) is 0 Å². The van der Waals surface area contributed by atoms with Gasteiger partial charge in [-0.05, 0) is 69.5 Å². The topological polar surface area (TPSA) is 180 Å². The van der Waals surface area contributed by atoms with Crippen molar-refractivity contribution in [1.82, 2.24) is 25.7 Å². The molecule has 4 aromatic rings. The number of methoxy groups -OCH3 is 1. The summed E-state index contributed by atoms with van der Waals surface area (Å²) >= 11 is 0. The highest BCUT2D eigenvalue weighted by atomic mass is 32.2. The number of amides is 2. The molecule has 2 aromatic carbocycles. The number of rotatable bonds is 8. The van der Waals surface area contributed by atoms with Gasteiger partial charge in [0.25, 0.3) is 11.8 Å². The van der Waals surface area contributed by atoms with E-state index in [1.807, 2.05) is 0 Å². The van der Waals surface area contributed by atoms with Gasteiger partial charge in [-0.25, -0.2) is 13.2 Å². The monoisotopic (exact) mass is 722 g/mol. The van der Waals surface area contributed by atoms with Crippen LogP contribution in [0.5, 0.6) is 0 Å². The van der Waals surface area contributed by atoms with Crippen LogP contribution in [-0.4, -0.2) is 71.5 Å². The maximum atomic E-state index is 14.8. The number of alkyl halides is 4. The number of hydrogen-bond donors (Lipinski definition) is 1. The zero-order chi connectivity index (χ0) is 36.2. The first-order chi connectivity index (χ1) is 23.4. The lowest BCUT2D eigenvalue weighted by Gasteiger charge is -2.27. The molecule has 1 aliphatic heterocycles. The lowest BCUT2D eigenvalue weighted by Crippen LogP contribution is -2.51. The number of carbonyl (C=O) groups excluding carboxylic acids is 2. The second-order valence-electron chi connectivity index (χ2n) is 12.7. The molecule has 266 valence electrons. The molecular weight excluding hydrogens is 692 g/mol. The number of aromatic nitrogens is 4. The molecule has 2 amide bonds. The molecule has 0 spiro atoms. The molecule has 2 aliphatic rings. The van der Waals surface area contributed by atoms with Gasteiger partial charge in [-0.2, -0.15) is 17.6 Å². The molecule has 0 bridgehead atoms. The highest BCUT2D eigenvalue weighted by Crippen LogP contribution is 2.44. The Labute approximate surface area is 282 Å².